The fourth-order valence-corrected chi connectivity index (χ4v) is 7.32. The third kappa shape index (κ3) is 4.15. The molecule has 0 aliphatic heterocycles. The molecule has 3 aliphatic rings. The molecule has 0 heterocycles. The molecule has 34 heavy (non-hydrogen) atoms. The van der Waals surface area contributed by atoms with Gasteiger partial charge in [-0.2, -0.15) is 0 Å². The van der Waals surface area contributed by atoms with E-state index in [4.69, 9.17) is 0 Å². The highest BCUT2D eigenvalue weighted by Gasteiger charge is 2.75. The Morgan fingerprint density at radius 3 is 2.24 bits per heavy atom. The van der Waals surface area contributed by atoms with Gasteiger partial charge in [0.2, 0.25) is 0 Å². The van der Waals surface area contributed by atoms with Gasteiger partial charge in [-0.1, -0.05) is 54.2 Å². The summed E-state index contributed by atoms with van der Waals surface area (Å²) in [7, 11) is 0. The number of carbonyl (C=O) groups excluding carboxylic acids is 1. The fourth-order valence-electron chi connectivity index (χ4n) is 7.32. The second-order valence-corrected chi connectivity index (χ2v) is 10.1. The molecule has 3 N–H and O–H groups in total. The molecule has 0 amide bonds. The predicted molar refractivity (Wildman–Crippen MR) is 133 cm³/mol. The van der Waals surface area contributed by atoms with Gasteiger partial charge in [0.05, 0.1) is 17.1 Å². The van der Waals surface area contributed by atoms with Crippen LogP contribution in [0.15, 0.2) is 30.0 Å². The number of Topliss-reactive ketones (excluding diaryl/α,β-unsaturated/α-hetero) is 1. The van der Waals surface area contributed by atoms with Crippen LogP contribution in [0.1, 0.15) is 81.1 Å². The van der Waals surface area contributed by atoms with Gasteiger partial charge in [-0.3, -0.25) is 4.79 Å². The molecule has 0 bridgehead atoms. The average molecular weight is 485 g/mol. The maximum absolute atomic E-state index is 17.0. The molecule has 0 radical (unpaired) electrons. The number of hydrogen-bond acceptors (Lipinski definition) is 4. The Kier molecular flexibility index (Phi) is 10.1. The lowest BCUT2D eigenvalue weighted by atomic mass is 9.44. The monoisotopic (exact) mass is 484 g/mol. The second-order valence-electron chi connectivity index (χ2n) is 10.1. The summed E-state index contributed by atoms with van der Waals surface area (Å²) in [5, 5.41) is 32.0. The topological polar surface area (TPSA) is 77.8 Å². The summed E-state index contributed by atoms with van der Waals surface area (Å²) in [6.07, 6.45) is 0.137. The Hall–Kier alpha value is -1.33. The summed E-state index contributed by atoms with van der Waals surface area (Å²) in [6, 6.07) is 0. The number of alkyl halides is 2. The van der Waals surface area contributed by atoms with Crippen molar-refractivity contribution in [2.45, 2.75) is 105 Å². The third-order valence-electron chi connectivity index (χ3n) is 8.90. The Labute approximate surface area is 204 Å². The lowest BCUT2D eigenvalue weighted by Gasteiger charge is -2.62. The van der Waals surface area contributed by atoms with Gasteiger partial charge in [-0.05, 0) is 56.6 Å². The van der Waals surface area contributed by atoms with Crippen molar-refractivity contribution in [2.75, 3.05) is 6.61 Å². The third-order valence-corrected chi connectivity index (χ3v) is 8.90. The number of allylic oxidation sites excluding steroid dienone is 3. The lowest BCUT2D eigenvalue weighted by molar-refractivity contribution is -0.225. The second kappa shape index (κ2) is 11.2. The van der Waals surface area contributed by atoms with E-state index in [0.29, 0.717) is 6.42 Å². The van der Waals surface area contributed by atoms with Crippen molar-refractivity contribution in [1.82, 2.24) is 0 Å². The molecule has 3 rings (SSSR count). The van der Waals surface area contributed by atoms with E-state index >= 15 is 8.78 Å². The molecule has 0 aromatic rings. The maximum atomic E-state index is 17.0. The van der Waals surface area contributed by atoms with Crippen LogP contribution in [0.2, 0.25) is 0 Å². The highest BCUT2D eigenvalue weighted by atomic mass is 19.1. The zero-order valence-corrected chi connectivity index (χ0v) is 22.3. The molecule has 0 aromatic heterocycles. The zero-order chi connectivity index (χ0) is 26.7. The van der Waals surface area contributed by atoms with Crippen LogP contribution >= 0.6 is 0 Å². The van der Waals surface area contributed by atoms with Crippen molar-refractivity contribution in [2.24, 2.45) is 28.6 Å². The van der Waals surface area contributed by atoms with Gasteiger partial charge in [0, 0.05) is 17.8 Å². The van der Waals surface area contributed by atoms with Crippen LogP contribution in [0, 0.1) is 28.6 Å². The van der Waals surface area contributed by atoms with Crippen molar-refractivity contribution in [3.8, 4) is 0 Å². The number of hydrogen-bond donors (Lipinski definition) is 3. The Bertz CT molecular complexity index is 806. The first-order chi connectivity index (χ1) is 15.9. The molecule has 0 aromatic carbocycles. The number of carbonyl (C=O) groups is 1. The summed E-state index contributed by atoms with van der Waals surface area (Å²) in [4.78, 5) is 12.1. The van der Waals surface area contributed by atoms with Crippen LogP contribution in [-0.4, -0.2) is 51.3 Å². The first-order valence-electron chi connectivity index (χ1n) is 12.8. The molecular weight excluding hydrogens is 438 g/mol. The molecule has 4 nitrogen and oxygen atoms in total. The smallest absolute Gasteiger partial charge is 0.161 e. The summed E-state index contributed by atoms with van der Waals surface area (Å²) >= 11 is 0. The molecule has 3 saturated carbocycles. The number of ketones is 1. The van der Waals surface area contributed by atoms with E-state index in [1.807, 2.05) is 27.7 Å². The largest absolute Gasteiger partial charge is 0.390 e. The minimum absolute atomic E-state index is 0.0568. The average Bonchev–Trinajstić information content (AvgIpc) is 2.99. The molecule has 0 saturated heterocycles. The molecular formula is C28H46F2O4. The first-order valence-corrected chi connectivity index (χ1v) is 12.8. The van der Waals surface area contributed by atoms with Crippen LogP contribution in [0.3, 0.4) is 0 Å². The quantitative estimate of drug-likeness (QED) is 0.363. The van der Waals surface area contributed by atoms with E-state index < -0.39 is 58.6 Å². The SMILES string of the molecule is C=C=CC1(C)/C(=C\C)[C@@H](F)CC2C3CC(C)[C@](O)(CC(=O)CO)C3(C)CC(O)[C@@]21F.CC.CC. The highest BCUT2D eigenvalue weighted by Crippen LogP contribution is 2.71. The van der Waals surface area contributed by atoms with Gasteiger partial charge in [0.1, 0.15) is 12.8 Å². The normalized spacial score (nSPS) is 46.0. The first kappa shape index (κ1) is 30.7. The van der Waals surface area contributed by atoms with Crippen LogP contribution in [0.25, 0.3) is 0 Å². The molecule has 196 valence electrons. The summed E-state index contributed by atoms with van der Waals surface area (Å²) in [5.41, 5.74) is -3.17. The standard InChI is InChI=1S/C24H34F2O4.2C2H6/c1-6-8-21(4)16(7-2)19(25)10-18-17-9-14(3)23(30,11-15(28)13-27)22(17,5)12-20(29)24(18,21)26;2*1-2/h7-8,14,17-20,27,29-30H,1,9-13H2,2-5H3;2*1-2H3/b16-7-;;/t14?,17?,18?,19-,20?,21?,22?,23+,24-;;/m0../s1. The van der Waals surface area contributed by atoms with Gasteiger partial charge in [0.25, 0.3) is 0 Å². The van der Waals surface area contributed by atoms with E-state index in [0.717, 1.165) is 0 Å². The molecule has 9 atom stereocenters. The zero-order valence-electron chi connectivity index (χ0n) is 22.3. The van der Waals surface area contributed by atoms with Crippen LogP contribution in [0.5, 0.6) is 0 Å². The highest BCUT2D eigenvalue weighted by molar-refractivity contribution is 5.80. The van der Waals surface area contributed by atoms with E-state index in [1.54, 1.807) is 33.8 Å². The molecule has 6 unspecified atom stereocenters. The Morgan fingerprint density at radius 1 is 1.21 bits per heavy atom. The fraction of sp³-hybridized carbons (Fsp3) is 0.786. The number of aliphatic hydroxyl groups excluding tert-OH is 2. The predicted octanol–water partition coefficient (Wildman–Crippen LogP) is 5.51. The van der Waals surface area contributed by atoms with Crippen LogP contribution in [0.4, 0.5) is 8.78 Å². The summed E-state index contributed by atoms with van der Waals surface area (Å²) < 4.78 is 32.4. The summed E-state index contributed by atoms with van der Waals surface area (Å²) in [6.45, 7) is 17.7. The van der Waals surface area contributed by atoms with Crippen molar-refractivity contribution >= 4 is 5.78 Å². The molecule has 3 fully saturated rings. The Morgan fingerprint density at radius 2 is 1.76 bits per heavy atom. The minimum atomic E-state index is -2.15. The number of halogens is 2. The van der Waals surface area contributed by atoms with Crippen molar-refractivity contribution < 1.29 is 28.9 Å². The van der Waals surface area contributed by atoms with Gasteiger partial charge in [0.15, 0.2) is 11.5 Å². The van der Waals surface area contributed by atoms with E-state index in [9.17, 15) is 20.1 Å². The van der Waals surface area contributed by atoms with Gasteiger partial charge < -0.3 is 15.3 Å². The summed E-state index contributed by atoms with van der Waals surface area (Å²) in [5.74, 6) is -2.13. The number of fused-ring (bicyclic) bond motifs is 3. The van der Waals surface area contributed by atoms with Gasteiger partial charge in [-0.25, -0.2) is 8.78 Å². The maximum Gasteiger partial charge on any atom is 0.161 e. The van der Waals surface area contributed by atoms with Gasteiger partial charge >= 0.3 is 0 Å². The van der Waals surface area contributed by atoms with Crippen molar-refractivity contribution in [3.05, 3.63) is 30.0 Å². The molecule has 3 aliphatic carbocycles. The lowest BCUT2D eigenvalue weighted by Crippen LogP contribution is -2.69. The van der Waals surface area contributed by atoms with Crippen LogP contribution < -0.4 is 0 Å². The van der Waals surface area contributed by atoms with Crippen molar-refractivity contribution in [3.63, 3.8) is 0 Å². The molecule has 0 spiro atoms. The number of rotatable bonds is 4. The van der Waals surface area contributed by atoms with E-state index in [-0.39, 0.29) is 30.8 Å². The van der Waals surface area contributed by atoms with Crippen LogP contribution in [-0.2, 0) is 4.79 Å². The minimum Gasteiger partial charge on any atom is -0.390 e. The molecule has 6 heteroatoms. The van der Waals surface area contributed by atoms with Gasteiger partial charge in [-0.15, -0.1) is 5.73 Å². The van der Waals surface area contributed by atoms with E-state index in [1.165, 1.54) is 6.08 Å². The Balaban J connectivity index is 0.00000137. The number of aliphatic hydroxyl groups is 3. The van der Waals surface area contributed by atoms with E-state index in [2.05, 4.69) is 12.3 Å². The van der Waals surface area contributed by atoms with Crippen molar-refractivity contribution in [1.29, 1.82) is 0 Å².